The number of anilines is 1. The van der Waals surface area contributed by atoms with E-state index in [4.69, 9.17) is 4.74 Å². The van der Waals surface area contributed by atoms with E-state index in [1.54, 1.807) is 29.5 Å². The Morgan fingerprint density at radius 1 is 1.18 bits per heavy atom. The summed E-state index contributed by atoms with van der Waals surface area (Å²) < 4.78 is 33.1. The SMILES string of the molecule is CCCCNS(=O)(=O)c1cccc(NC(=O)/C=C/c2cccc(OCc3csc(C)n3)c2)c1. The highest BCUT2D eigenvalue weighted by Gasteiger charge is 2.14. The van der Waals surface area contributed by atoms with Crippen molar-refractivity contribution < 1.29 is 17.9 Å². The number of rotatable bonds is 11. The smallest absolute Gasteiger partial charge is 0.248 e. The molecular formula is C24H27N3O4S2. The summed E-state index contributed by atoms with van der Waals surface area (Å²) in [6.07, 6.45) is 4.72. The van der Waals surface area contributed by atoms with E-state index < -0.39 is 10.0 Å². The van der Waals surface area contributed by atoms with Crippen LogP contribution in [0.15, 0.2) is 64.9 Å². The third kappa shape index (κ3) is 7.81. The first-order valence-corrected chi connectivity index (χ1v) is 12.9. The predicted molar refractivity (Wildman–Crippen MR) is 132 cm³/mol. The molecule has 3 rings (SSSR count). The largest absolute Gasteiger partial charge is 0.487 e. The summed E-state index contributed by atoms with van der Waals surface area (Å²) in [4.78, 5) is 16.8. The van der Waals surface area contributed by atoms with Crippen molar-refractivity contribution in [2.75, 3.05) is 11.9 Å². The molecule has 0 aliphatic carbocycles. The summed E-state index contributed by atoms with van der Waals surface area (Å²) in [5.74, 6) is 0.310. The van der Waals surface area contributed by atoms with Gasteiger partial charge in [0, 0.05) is 23.7 Å². The van der Waals surface area contributed by atoms with Gasteiger partial charge in [0.05, 0.1) is 15.6 Å². The summed E-state index contributed by atoms with van der Waals surface area (Å²) >= 11 is 1.58. The molecule has 9 heteroatoms. The molecule has 33 heavy (non-hydrogen) atoms. The number of sulfonamides is 1. The maximum Gasteiger partial charge on any atom is 0.248 e. The van der Waals surface area contributed by atoms with Crippen molar-refractivity contribution in [1.82, 2.24) is 9.71 Å². The molecule has 0 radical (unpaired) electrons. The number of aromatic nitrogens is 1. The van der Waals surface area contributed by atoms with E-state index in [0.29, 0.717) is 24.6 Å². The summed E-state index contributed by atoms with van der Waals surface area (Å²) in [5, 5.41) is 5.66. The van der Waals surface area contributed by atoms with Gasteiger partial charge in [0.1, 0.15) is 12.4 Å². The van der Waals surface area contributed by atoms with Gasteiger partial charge in [0.2, 0.25) is 15.9 Å². The Balaban J connectivity index is 1.59. The topological polar surface area (TPSA) is 97.4 Å². The first-order valence-electron chi connectivity index (χ1n) is 10.6. The van der Waals surface area contributed by atoms with E-state index >= 15 is 0 Å². The number of carbonyl (C=O) groups excluding carboxylic acids is 1. The lowest BCUT2D eigenvalue weighted by Crippen LogP contribution is -2.24. The van der Waals surface area contributed by atoms with Crippen molar-refractivity contribution >= 4 is 39.0 Å². The number of benzene rings is 2. The Morgan fingerprint density at radius 2 is 2.00 bits per heavy atom. The average molecular weight is 486 g/mol. The molecule has 0 aliphatic heterocycles. The van der Waals surface area contributed by atoms with Gasteiger partial charge in [0.25, 0.3) is 0 Å². The number of nitrogens with one attached hydrogen (secondary N) is 2. The molecule has 174 valence electrons. The summed E-state index contributed by atoms with van der Waals surface area (Å²) in [5.41, 5.74) is 2.08. The van der Waals surface area contributed by atoms with E-state index in [2.05, 4.69) is 15.0 Å². The molecule has 0 fully saturated rings. The van der Waals surface area contributed by atoms with Crippen LogP contribution in [0.5, 0.6) is 5.75 Å². The lowest BCUT2D eigenvalue weighted by atomic mass is 10.2. The van der Waals surface area contributed by atoms with Crippen molar-refractivity contribution in [2.45, 2.75) is 38.2 Å². The van der Waals surface area contributed by atoms with Crippen molar-refractivity contribution in [2.24, 2.45) is 0 Å². The highest BCUT2D eigenvalue weighted by molar-refractivity contribution is 7.89. The average Bonchev–Trinajstić information content (AvgIpc) is 3.22. The molecule has 0 bridgehead atoms. The minimum absolute atomic E-state index is 0.112. The van der Waals surface area contributed by atoms with E-state index in [-0.39, 0.29) is 10.8 Å². The van der Waals surface area contributed by atoms with Crippen LogP contribution in [-0.2, 0) is 21.4 Å². The van der Waals surface area contributed by atoms with Gasteiger partial charge < -0.3 is 10.1 Å². The molecule has 0 unspecified atom stereocenters. The standard InChI is InChI=1S/C24H27N3O4S2/c1-3-4-13-25-33(29,30)23-10-6-8-20(15-23)27-24(28)12-11-19-7-5-9-22(14-19)31-16-21-17-32-18(2)26-21/h5-12,14-15,17,25H,3-4,13,16H2,1-2H3,(H,27,28)/b12-11+. The van der Waals surface area contributed by atoms with Gasteiger partial charge in [0.15, 0.2) is 0 Å². The van der Waals surface area contributed by atoms with Crippen LogP contribution in [0.4, 0.5) is 5.69 Å². The molecule has 2 N–H and O–H groups in total. The number of ether oxygens (including phenoxy) is 1. The van der Waals surface area contributed by atoms with Crippen LogP contribution in [0.3, 0.4) is 0 Å². The molecule has 0 spiro atoms. The molecule has 0 saturated carbocycles. The van der Waals surface area contributed by atoms with E-state index in [0.717, 1.165) is 29.1 Å². The summed E-state index contributed by atoms with van der Waals surface area (Å²) in [6, 6.07) is 13.6. The second-order valence-corrected chi connectivity index (χ2v) is 10.1. The second-order valence-electron chi connectivity index (χ2n) is 7.32. The van der Waals surface area contributed by atoms with Gasteiger partial charge >= 0.3 is 0 Å². The number of nitrogens with zero attached hydrogens (tertiary/aromatic N) is 1. The summed E-state index contributed by atoms with van der Waals surface area (Å²) in [6.45, 7) is 4.70. The van der Waals surface area contributed by atoms with E-state index in [9.17, 15) is 13.2 Å². The third-order valence-electron chi connectivity index (χ3n) is 4.57. The van der Waals surface area contributed by atoms with Gasteiger partial charge in [-0.05, 0) is 55.3 Å². The number of amides is 1. The fraction of sp³-hybridized carbons (Fsp3) is 0.250. The zero-order valence-corrected chi connectivity index (χ0v) is 20.2. The minimum atomic E-state index is -3.61. The van der Waals surface area contributed by atoms with Gasteiger partial charge in [-0.3, -0.25) is 4.79 Å². The molecule has 0 aliphatic rings. The van der Waals surface area contributed by atoms with Crippen molar-refractivity contribution in [1.29, 1.82) is 0 Å². The second kappa shape index (κ2) is 11.7. The predicted octanol–water partition coefficient (Wildman–Crippen LogP) is 4.76. The Kier molecular flexibility index (Phi) is 8.76. The fourth-order valence-corrected chi connectivity index (χ4v) is 4.62. The number of thiazole rings is 1. The van der Waals surface area contributed by atoms with Crippen LogP contribution in [-0.4, -0.2) is 25.9 Å². The Bertz CT molecular complexity index is 1220. The summed E-state index contributed by atoms with van der Waals surface area (Å²) in [7, 11) is -3.61. The van der Waals surface area contributed by atoms with Crippen molar-refractivity contribution in [3.8, 4) is 5.75 Å². The lowest BCUT2D eigenvalue weighted by Gasteiger charge is -2.08. The first-order chi connectivity index (χ1) is 15.9. The van der Waals surface area contributed by atoms with E-state index in [1.807, 2.05) is 43.5 Å². The Hall–Kier alpha value is -3.01. The monoisotopic (exact) mass is 485 g/mol. The number of aryl methyl sites for hydroxylation is 1. The highest BCUT2D eigenvalue weighted by atomic mass is 32.2. The zero-order chi connectivity index (χ0) is 23.7. The number of hydrogen-bond donors (Lipinski definition) is 2. The van der Waals surface area contributed by atoms with Crippen LogP contribution in [0, 0.1) is 6.92 Å². The maximum absolute atomic E-state index is 12.4. The Labute approximate surface area is 198 Å². The number of unbranched alkanes of at least 4 members (excludes halogenated alkanes) is 1. The maximum atomic E-state index is 12.4. The van der Waals surface area contributed by atoms with Gasteiger partial charge in [-0.25, -0.2) is 18.1 Å². The van der Waals surface area contributed by atoms with Gasteiger partial charge in [-0.15, -0.1) is 11.3 Å². The van der Waals surface area contributed by atoms with Gasteiger partial charge in [-0.1, -0.05) is 31.5 Å². The molecule has 1 heterocycles. The molecular weight excluding hydrogens is 458 g/mol. The molecule has 7 nitrogen and oxygen atoms in total. The third-order valence-corrected chi connectivity index (χ3v) is 6.85. The molecule has 1 amide bonds. The zero-order valence-electron chi connectivity index (χ0n) is 18.6. The molecule has 0 atom stereocenters. The van der Waals surface area contributed by atoms with Crippen molar-refractivity contribution in [3.63, 3.8) is 0 Å². The molecule has 0 saturated heterocycles. The van der Waals surface area contributed by atoms with E-state index in [1.165, 1.54) is 18.2 Å². The number of hydrogen-bond acceptors (Lipinski definition) is 6. The Morgan fingerprint density at radius 3 is 2.76 bits per heavy atom. The molecule has 3 aromatic rings. The van der Waals surface area contributed by atoms with Crippen LogP contribution in [0.1, 0.15) is 36.0 Å². The normalized spacial score (nSPS) is 11.6. The highest BCUT2D eigenvalue weighted by Crippen LogP contribution is 2.18. The van der Waals surface area contributed by atoms with Crippen LogP contribution in [0.2, 0.25) is 0 Å². The minimum Gasteiger partial charge on any atom is -0.487 e. The van der Waals surface area contributed by atoms with Crippen molar-refractivity contribution in [3.05, 3.63) is 76.3 Å². The van der Waals surface area contributed by atoms with Crippen LogP contribution < -0.4 is 14.8 Å². The first kappa shape index (κ1) is 24.6. The molecule has 2 aromatic carbocycles. The van der Waals surface area contributed by atoms with Gasteiger partial charge in [-0.2, -0.15) is 0 Å². The fourth-order valence-electron chi connectivity index (χ4n) is 2.90. The molecule has 1 aromatic heterocycles. The number of carbonyl (C=O) groups is 1. The van der Waals surface area contributed by atoms with Crippen LogP contribution >= 0.6 is 11.3 Å². The quantitative estimate of drug-likeness (QED) is 0.301. The lowest BCUT2D eigenvalue weighted by molar-refractivity contribution is -0.111. The van der Waals surface area contributed by atoms with Crippen LogP contribution in [0.25, 0.3) is 6.08 Å².